The van der Waals surface area contributed by atoms with Crippen molar-refractivity contribution in [3.05, 3.63) is 42.0 Å². The van der Waals surface area contributed by atoms with E-state index >= 15 is 0 Å². The normalized spacial score (nSPS) is 20.4. The van der Waals surface area contributed by atoms with Crippen LogP contribution in [-0.2, 0) is 34.8 Å². The van der Waals surface area contributed by atoms with E-state index in [0.717, 1.165) is 17.7 Å². The summed E-state index contributed by atoms with van der Waals surface area (Å²) in [5.74, 6) is 0.288. The Kier molecular flexibility index (Phi) is 11.4. The highest BCUT2D eigenvalue weighted by Crippen LogP contribution is 2.39. The number of ether oxygens (including phenoxy) is 5. The number of carbonyl (C=O) groups excluding carboxylic acids is 1. The van der Waals surface area contributed by atoms with E-state index in [4.69, 9.17) is 28.1 Å². The first-order chi connectivity index (χ1) is 17.2. The lowest BCUT2D eigenvalue weighted by atomic mass is 9.84. The maximum Gasteiger partial charge on any atom is 0.337 e. The molecule has 7 nitrogen and oxygen atoms in total. The van der Waals surface area contributed by atoms with Crippen LogP contribution in [0.2, 0.25) is 18.1 Å². The molecule has 1 aliphatic rings. The topological polar surface area (TPSA) is 72.5 Å². The summed E-state index contributed by atoms with van der Waals surface area (Å²) < 4.78 is 35.1. The molecule has 0 saturated carbocycles. The zero-order valence-electron chi connectivity index (χ0n) is 24.5. The van der Waals surface area contributed by atoms with Crippen LogP contribution in [0.3, 0.4) is 0 Å². The maximum atomic E-state index is 12.6. The Labute approximate surface area is 224 Å². The fraction of sp³-hybridized carbons (Fsp3) is 0.690. The second kappa shape index (κ2) is 13.4. The summed E-state index contributed by atoms with van der Waals surface area (Å²) in [7, 11) is 2.69. The van der Waals surface area contributed by atoms with Gasteiger partial charge in [0.25, 0.3) is 0 Å². The van der Waals surface area contributed by atoms with Gasteiger partial charge in [0.05, 0.1) is 39.1 Å². The number of carbonyl (C=O) groups is 1. The highest BCUT2D eigenvalue weighted by Gasteiger charge is 2.41. The molecule has 1 aromatic carbocycles. The van der Waals surface area contributed by atoms with E-state index in [-0.39, 0.29) is 29.3 Å². The van der Waals surface area contributed by atoms with Crippen molar-refractivity contribution in [3.8, 4) is 5.75 Å². The van der Waals surface area contributed by atoms with Gasteiger partial charge in [-0.3, -0.25) is 0 Å². The Morgan fingerprint density at radius 1 is 1.08 bits per heavy atom. The Balaban J connectivity index is 2.05. The van der Waals surface area contributed by atoms with Gasteiger partial charge in [0.1, 0.15) is 5.75 Å². The third-order valence-electron chi connectivity index (χ3n) is 7.65. The minimum absolute atomic E-state index is 0.0124. The van der Waals surface area contributed by atoms with Crippen LogP contribution in [0.1, 0.15) is 53.0 Å². The standard InChI is InChI=1S/C29H48O7Si/c1-28(2,3)37(9,10)35-20-29(4,5)25-13-11-12-23(36-25)18-24(32-7)26(27(30)33-8)34-19-21-14-16-22(31-6)17-15-21/h11-12,14-17,23-26H,13,18-20H2,1-10H3/t23-,24+,25-,26-/m0/s1. The smallest absolute Gasteiger partial charge is 0.337 e. The average Bonchev–Trinajstić information content (AvgIpc) is 2.86. The van der Waals surface area contributed by atoms with Gasteiger partial charge in [-0.2, -0.15) is 0 Å². The molecule has 0 spiro atoms. The van der Waals surface area contributed by atoms with E-state index in [9.17, 15) is 4.79 Å². The quantitative estimate of drug-likeness (QED) is 0.176. The van der Waals surface area contributed by atoms with Gasteiger partial charge in [-0.05, 0) is 42.2 Å². The van der Waals surface area contributed by atoms with Crippen molar-refractivity contribution in [2.24, 2.45) is 5.41 Å². The predicted octanol–water partition coefficient (Wildman–Crippen LogP) is 5.92. The molecule has 37 heavy (non-hydrogen) atoms. The zero-order chi connectivity index (χ0) is 27.9. The van der Waals surface area contributed by atoms with E-state index in [2.05, 4.69) is 53.8 Å². The van der Waals surface area contributed by atoms with E-state index in [1.165, 1.54) is 7.11 Å². The van der Waals surface area contributed by atoms with Crippen molar-refractivity contribution < 1.29 is 32.9 Å². The van der Waals surface area contributed by atoms with E-state index < -0.39 is 26.5 Å². The van der Waals surface area contributed by atoms with Crippen LogP contribution in [0.4, 0.5) is 0 Å². The van der Waals surface area contributed by atoms with E-state index in [1.54, 1.807) is 14.2 Å². The van der Waals surface area contributed by atoms with Crippen LogP contribution >= 0.6 is 0 Å². The van der Waals surface area contributed by atoms with Gasteiger partial charge in [-0.15, -0.1) is 0 Å². The molecule has 0 bridgehead atoms. The lowest BCUT2D eigenvalue weighted by Crippen LogP contribution is -2.47. The molecule has 0 fully saturated rings. The number of hydrogen-bond donors (Lipinski definition) is 0. The molecule has 1 aromatic rings. The second-order valence-electron chi connectivity index (χ2n) is 12.0. The Morgan fingerprint density at radius 2 is 1.73 bits per heavy atom. The number of methoxy groups -OCH3 is 3. The number of hydrogen-bond acceptors (Lipinski definition) is 7. The molecule has 0 unspecified atom stereocenters. The summed E-state index contributed by atoms with van der Waals surface area (Å²) in [5, 5.41) is 0.152. The molecule has 210 valence electrons. The number of benzene rings is 1. The molecule has 0 N–H and O–H groups in total. The molecule has 0 saturated heterocycles. The molecule has 0 amide bonds. The molecular formula is C29H48O7Si. The van der Waals surface area contributed by atoms with Gasteiger partial charge in [-0.1, -0.05) is 58.9 Å². The van der Waals surface area contributed by atoms with Gasteiger partial charge in [-0.25, -0.2) is 4.79 Å². The highest BCUT2D eigenvalue weighted by atomic mass is 28.4. The van der Waals surface area contributed by atoms with Gasteiger partial charge in [0.15, 0.2) is 14.4 Å². The van der Waals surface area contributed by atoms with Gasteiger partial charge in [0, 0.05) is 25.6 Å². The van der Waals surface area contributed by atoms with Crippen molar-refractivity contribution in [3.63, 3.8) is 0 Å². The molecule has 0 radical (unpaired) electrons. The summed E-state index contributed by atoms with van der Waals surface area (Å²) in [5.41, 5.74) is 0.746. The molecule has 1 aliphatic heterocycles. The fourth-order valence-corrected chi connectivity index (χ4v) is 5.07. The molecule has 0 aromatic heterocycles. The average molecular weight is 537 g/mol. The first-order valence-corrected chi connectivity index (χ1v) is 16.0. The summed E-state index contributed by atoms with van der Waals surface area (Å²) in [6, 6.07) is 7.52. The van der Waals surface area contributed by atoms with Crippen molar-refractivity contribution in [2.45, 2.75) is 96.6 Å². The van der Waals surface area contributed by atoms with Crippen LogP contribution in [0.15, 0.2) is 36.4 Å². The monoisotopic (exact) mass is 536 g/mol. The third-order valence-corrected chi connectivity index (χ3v) is 12.1. The molecule has 8 heteroatoms. The van der Waals surface area contributed by atoms with Gasteiger partial charge in [0.2, 0.25) is 0 Å². The van der Waals surface area contributed by atoms with Gasteiger partial charge < -0.3 is 28.1 Å². The highest BCUT2D eigenvalue weighted by molar-refractivity contribution is 6.74. The largest absolute Gasteiger partial charge is 0.497 e. The van der Waals surface area contributed by atoms with Crippen LogP contribution in [0, 0.1) is 5.41 Å². The van der Waals surface area contributed by atoms with Crippen molar-refractivity contribution >= 4 is 14.3 Å². The number of esters is 1. The van der Waals surface area contributed by atoms with Crippen molar-refractivity contribution in [2.75, 3.05) is 27.9 Å². The minimum Gasteiger partial charge on any atom is -0.497 e. The van der Waals surface area contributed by atoms with E-state index in [0.29, 0.717) is 13.0 Å². The number of rotatable bonds is 13. The molecule has 2 rings (SSSR count). The molecule has 1 heterocycles. The molecule has 4 atom stereocenters. The first-order valence-electron chi connectivity index (χ1n) is 13.1. The minimum atomic E-state index is -1.87. The van der Waals surface area contributed by atoms with Crippen LogP contribution in [-0.4, -0.2) is 66.6 Å². The SMILES string of the molecule is COC(=O)[C@@H](OCc1ccc(OC)cc1)[C@@H](C[C@@H]1C=CC[C@@H](C(C)(C)CO[Si](C)(C)C(C)(C)C)O1)OC. The Hall–Kier alpha value is -1.71. The maximum absolute atomic E-state index is 12.6. The Bertz CT molecular complexity index is 873. The predicted molar refractivity (Wildman–Crippen MR) is 148 cm³/mol. The molecular weight excluding hydrogens is 488 g/mol. The lowest BCUT2D eigenvalue weighted by molar-refractivity contribution is -0.169. The van der Waals surface area contributed by atoms with Crippen LogP contribution in [0.5, 0.6) is 5.75 Å². The first kappa shape index (κ1) is 31.5. The van der Waals surface area contributed by atoms with Gasteiger partial charge >= 0.3 is 5.97 Å². The summed E-state index contributed by atoms with van der Waals surface area (Å²) in [6.45, 7) is 16.6. The Morgan fingerprint density at radius 3 is 2.27 bits per heavy atom. The van der Waals surface area contributed by atoms with Crippen molar-refractivity contribution in [1.82, 2.24) is 0 Å². The fourth-order valence-electron chi connectivity index (χ4n) is 3.90. The zero-order valence-corrected chi connectivity index (χ0v) is 25.5. The van der Waals surface area contributed by atoms with Crippen LogP contribution in [0.25, 0.3) is 0 Å². The summed E-state index contributed by atoms with van der Waals surface area (Å²) in [6.07, 6.45) is 3.83. The second-order valence-corrected chi connectivity index (χ2v) is 16.8. The van der Waals surface area contributed by atoms with Crippen molar-refractivity contribution in [1.29, 1.82) is 0 Å². The lowest BCUT2D eigenvalue weighted by Gasteiger charge is -2.43. The molecule has 0 aliphatic carbocycles. The van der Waals surface area contributed by atoms with Crippen LogP contribution < -0.4 is 4.74 Å². The summed E-state index contributed by atoms with van der Waals surface area (Å²) >= 11 is 0. The van der Waals surface area contributed by atoms with E-state index in [1.807, 2.05) is 30.3 Å². The third kappa shape index (κ3) is 8.92. The summed E-state index contributed by atoms with van der Waals surface area (Å²) in [4.78, 5) is 12.6.